The summed E-state index contributed by atoms with van der Waals surface area (Å²) >= 11 is 3.20. The summed E-state index contributed by atoms with van der Waals surface area (Å²) in [5.74, 6) is 0.442. The third kappa shape index (κ3) is 5.65. The number of amides is 2. The Balaban J connectivity index is 1.92. The maximum absolute atomic E-state index is 12.3. The molecule has 2 N–H and O–H groups in total. The second kappa shape index (κ2) is 9.44. The second-order valence-electron chi connectivity index (χ2n) is 5.26. The second-order valence-corrected chi connectivity index (χ2v) is 7.11. The molecule has 0 aliphatic heterocycles. The molecule has 1 aromatic carbocycles. The first-order valence-electron chi connectivity index (χ1n) is 7.63. The lowest BCUT2D eigenvalue weighted by Crippen LogP contribution is -2.46. The van der Waals surface area contributed by atoms with E-state index in [0.717, 1.165) is 22.0 Å². The van der Waals surface area contributed by atoms with Gasteiger partial charge in [0.25, 0.3) is 0 Å². The van der Waals surface area contributed by atoms with Gasteiger partial charge in [0, 0.05) is 17.9 Å². The number of aromatic nitrogens is 1. The first-order chi connectivity index (χ1) is 11.6. The minimum absolute atomic E-state index is 0.173. The van der Waals surface area contributed by atoms with Crippen LogP contribution in [0, 0.1) is 0 Å². The monoisotopic (exact) mass is 363 g/mol. The smallest absolute Gasteiger partial charge is 0.242 e. The molecule has 0 saturated heterocycles. The Hall–Kier alpha value is -1.86. The van der Waals surface area contributed by atoms with Gasteiger partial charge in [0.1, 0.15) is 11.0 Å². The molecule has 0 bridgehead atoms. The Bertz CT molecular complexity index is 673. The Morgan fingerprint density at radius 2 is 2.04 bits per heavy atom. The van der Waals surface area contributed by atoms with Crippen LogP contribution < -0.4 is 10.6 Å². The minimum Gasteiger partial charge on any atom is -0.349 e. The molecule has 0 aliphatic carbocycles. The molecule has 1 atom stereocenters. The zero-order valence-corrected chi connectivity index (χ0v) is 15.4. The highest BCUT2D eigenvalue weighted by Crippen LogP contribution is 2.23. The van der Waals surface area contributed by atoms with E-state index in [1.807, 2.05) is 42.0 Å². The van der Waals surface area contributed by atoms with E-state index in [9.17, 15) is 9.59 Å². The van der Waals surface area contributed by atoms with E-state index < -0.39 is 6.04 Å². The van der Waals surface area contributed by atoms with Gasteiger partial charge in [-0.3, -0.25) is 9.59 Å². The number of thioether (sulfide) groups is 1. The van der Waals surface area contributed by atoms with Crippen LogP contribution >= 0.6 is 23.1 Å². The van der Waals surface area contributed by atoms with Crippen molar-refractivity contribution in [2.75, 3.05) is 12.0 Å². The molecule has 2 aromatic rings. The van der Waals surface area contributed by atoms with Crippen molar-refractivity contribution in [1.82, 2.24) is 15.6 Å². The average molecular weight is 364 g/mol. The molecule has 7 heteroatoms. The number of nitrogens with one attached hydrogen (secondary N) is 2. The molecular formula is C17H21N3O2S2. The summed E-state index contributed by atoms with van der Waals surface area (Å²) in [5, 5.41) is 8.43. The van der Waals surface area contributed by atoms with Crippen LogP contribution in [0.1, 0.15) is 19.0 Å². The molecule has 2 amide bonds. The van der Waals surface area contributed by atoms with Gasteiger partial charge in [-0.1, -0.05) is 30.3 Å². The number of hydrogen-bond donors (Lipinski definition) is 2. The van der Waals surface area contributed by atoms with Crippen LogP contribution in [0.4, 0.5) is 0 Å². The molecule has 0 radical (unpaired) electrons. The molecular weight excluding hydrogens is 342 g/mol. The molecule has 0 fully saturated rings. The molecule has 1 heterocycles. The summed E-state index contributed by atoms with van der Waals surface area (Å²) in [5.41, 5.74) is 1.88. The van der Waals surface area contributed by atoms with Crippen molar-refractivity contribution in [2.24, 2.45) is 0 Å². The van der Waals surface area contributed by atoms with Gasteiger partial charge < -0.3 is 10.6 Å². The van der Waals surface area contributed by atoms with E-state index in [2.05, 4.69) is 15.6 Å². The molecule has 24 heavy (non-hydrogen) atoms. The number of hydrogen-bond acceptors (Lipinski definition) is 5. The van der Waals surface area contributed by atoms with Gasteiger partial charge in [-0.15, -0.1) is 11.3 Å². The Labute approximate surface area is 150 Å². The summed E-state index contributed by atoms with van der Waals surface area (Å²) in [6.07, 6.45) is 2.59. The topological polar surface area (TPSA) is 71.1 Å². The van der Waals surface area contributed by atoms with E-state index in [-0.39, 0.29) is 11.8 Å². The van der Waals surface area contributed by atoms with Crippen LogP contribution in [0.2, 0.25) is 0 Å². The zero-order chi connectivity index (χ0) is 17.4. The molecule has 0 saturated carbocycles. The number of benzene rings is 1. The third-order valence-corrected chi connectivity index (χ3v) is 4.90. The predicted molar refractivity (Wildman–Crippen MR) is 100 cm³/mol. The average Bonchev–Trinajstić information content (AvgIpc) is 3.06. The van der Waals surface area contributed by atoms with Crippen LogP contribution in [0.5, 0.6) is 0 Å². The summed E-state index contributed by atoms with van der Waals surface area (Å²) in [4.78, 5) is 28.1. The van der Waals surface area contributed by atoms with Crippen molar-refractivity contribution in [1.29, 1.82) is 0 Å². The van der Waals surface area contributed by atoms with Crippen LogP contribution in [0.25, 0.3) is 10.6 Å². The largest absolute Gasteiger partial charge is 0.349 e. The van der Waals surface area contributed by atoms with Crippen molar-refractivity contribution in [3.05, 3.63) is 41.4 Å². The third-order valence-electron chi connectivity index (χ3n) is 3.32. The van der Waals surface area contributed by atoms with Crippen molar-refractivity contribution in [3.8, 4) is 10.6 Å². The summed E-state index contributed by atoms with van der Waals surface area (Å²) in [7, 11) is 0. The fourth-order valence-corrected chi connectivity index (χ4v) is 3.45. The molecule has 5 nitrogen and oxygen atoms in total. The summed E-state index contributed by atoms with van der Waals surface area (Å²) in [6.45, 7) is 1.78. The van der Waals surface area contributed by atoms with Crippen LogP contribution in [-0.4, -0.2) is 34.8 Å². The van der Waals surface area contributed by atoms with Gasteiger partial charge in [-0.05, 0) is 18.4 Å². The Morgan fingerprint density at radius 3 is 2.71 bits per heavy atom. The van der Waals surface area contributed by atoms with E-state index in [1.165, 1.54) is 6.92 Å². The molecule has 0 aliphatic rings. The SMILES string of the molecule is CSCCC(NC(C)=O)C(=O)NCc1csc(-c2ccccc2)n1. The summed E-state index contributed by atoms with van der Waals surface area (Å²) in [6, 6.07) is 9.44. The van der Waals surface area contributed by atoms with Gasteiger partial charge in [0.05, 0.1) is 12.2 Å². The lowest BCUT2D eigenvalue weighted by atomic mass is 10.2. The first-order valence-corrected chi connectivity index (χ1v) is 9.91. The van der Waals surface area contributed by atoms with Crippen molar-refractivity contribution >= 4 is 34.9 Å². The van der Waals surface area contributed by atoms with Gasteiger partial charge in [0.15, 0.2) is 0 Å². The fourth-order valence-electron chi connectivity index (χ4n) is 2.15. The Morgan fingerprint density at radius 1 is 1.29 bits per heavy atom. The maximum atomic E-state index is 12.3. The summed E-state index contributed by atoms with van der Waals surface area (Å²) < 4.78 is 0. The van der Waals surface area contributed by atoms with Crippen molar-refractivity contribution < 1.29 is 9.59 Å². The quantitative estimate of drug-likeness (QED) is 0.756. The number of carbonyl (C=O) groups is 2. The van der Waals surface area contributed by atoms with Crippen molar-refractivity contribution in [3.63, 3.8) is 0 Å². The van der Waals surface area contributed by atoms with E-state index in [1.54, 1.807) is 23.1 Å². The fraction of sp³-hybridized carbons (Fsp3) is 0.353. The van der Waals surface area contributed by atoms with Crippen LogP contribution in [-0.2, 0) is 16.1 Å². The van der Waals surface area contributed by atoms with Crippen LogP contribution in [0.15, 0.2) is 35.7 Å². The number of rotatable bonds is 8. The highest BCUT2D eigenvalue weighted by molar-refractivity contribution is 7.98. The van der Waals surface area contributed by atoms with Gasteiger partial charge in [0.2, 0.25) is 11.8 Å². The number of thiazole rings is 1. The van der Waals surface area contributed by atoms with Crippen molar-refractivity contribution in [2.45, 2.75) is 25.9 Å². The molecule has 0 spiro atoms. The van der Waals surface area contributed by atoms with Gasteiger partial charge in [-0.25, -0.2) is 4.98 Å². The van der Waals surface area contributed by atoms with E-state index >= 15 is 0 Å². The maximum Gasteiger partial charge on any atom is 0.242 e. The lowest BCUT2D eigenvalue weighted by Gasteiger charge is -2.16. The van der Waals surface area contributed by atoms with E-state index in [0.29, 0.717) is 13.0 Å². The van der Waals surface area contributed by atoms with Crippen LogP contribution in [0.3, 0.4) is 0 Å². The zero-order valence-electron chi connectivity index (χ0n) is 13.7. The highest BCUT2D eigenvalue weighted by Gasteiger charge is 2.19. The first kappa shape index (κ1) is 18.5. The minimum atomic E-state index is -0.498. The number of nitrogens with zero attached hydrogens (tertiary/aromatic N) is 1. The molecule has 1 aromatic heterocycles. The lowest BCUT2D eigenvalue weighted by molar-refractivity contribution is -0.128. The molecule has 2 rings (SSSR count). The predicted octanol–water partition coefficient (Wildman–Crippen LogP) is 2.68. The number of carbonyl (C=O) groups excluding carboxylic acids is 2. The van der Waals surface area contributed by atoms with E-state index in [4.69, 9.17) is 0 Å². The standard InChI is InChI=1S/C17H21N3O2S2/c1-12(21)19-15(8-9-23-2)16(22)18-10-14-11-24-17(20-14)13-6-4-3-5-7-13/h3-7,11,15H,8-10H2,1-2H3,(H,18,22)(H,19,21). The molecule has 1 unspecified atom stereocenters. The van der Waals surface area contributed by atoms with Gasteiger partial charge in [-0.2, -0.15) is 11.8 Å². The molecule has 128 valence electrons. The normalized spacial score (nSPS) is 11.8. The Kier molecular flexibility index (Phi) is 7.27. The highest BCUT2D eigenvalue weighted by atomic mass is 32.2. The van der Waals surface area contributed by atoms with Gasteiger partial charge >= 0.3 is 0 Å².